The number of hydrogen-bond donors (Lipinski definition) is 5. The normalized spacial score (nSPS) is 25.8. The standard InChI is InChI=1S/C76H119N13O13/c1-44(2)36-57-66(92)78-56(71(97)89-34-28-23-29-35-89)42-63(91)81(14)49(11)69(95)86(19)60(38-46(5)6)72(98)84(17)58(37-45(3)4)67(93)79-64(48(9)10)75(101)88(21)61(39-47(7)8)73(99)87(20)62(41-53-43-77-55-33-27-26-32-54(53)55)74(100)85(18)59(40-52-30-24-22-25-31-52)68(94)80-65(51(13)90)76(102)82(15)50(12)70(96)83(57)16/h22,24-27,30-33,43-51,56-62,64-65,77,90H,23,28-29,34-42H2,1-21H3,(H,78,92)(H,79,93)(H,80,94)/t49-,50-,51+,56-,57-,58-,59-,60-,61-,62-,64-,65-/m0/s1. The zero-order chi connectivity index (χ0) is 76.6. The number of piperidine rings is 1. The van der Waals surface area contributed by atoms with Crippen LogP contribution in [0.25, 0.3) is 10.9 Å². The van der Waals surface area contributed by atoms with Crippen molar-refractivity contribution < 1.29 is 62.6 Å². The first-order valence-electron chi connectivity index (χ1n) is 36.3. The molecule has 2 aromatic carbocycles. The first kappa shape index (κ1) is 84.2. The molecule has 2 fully saturated rings. The van der Waals surface area contributed by atoms with Crippen molar-refractivity contribution in [1.82, 2.24) is 65.0 Å². The minimum absolute atomic E-state index is 0.0604. The molecule has 3 aromatic rings. The smallest absolute Gasteiger partial charge is 0.248 e. The number of benzene rings is 2. The maximum absolute atomic E-state index is 15.9. The van der Waals surface area contributed by atoms with Crippen LogP contribution >= 0.6 is 0 Å². The van der Waals surface area contributed by atoms with Crippen LogP contribution in [0.2, 0.25) is 0 Å². The van der Waals surface area contributed by atoms with Crippen LogP contribution in [0.4, 0.5) is 0 Å². The number of carbonyl (C=O) groups is 12. The second-order valence-corrected chi connectivity index (χ2v) is 30.5. The number of aliphatic hydroxyl groups excluding tert-OH is 1. The number of hydrogen-bond acceptors (Lipinski definition) is 13. The number of amides is 12. The Kier molecular flexibility index (Phi) is 31.1. The highest BCUT2D eigenvalue weighted by molar-refractivity contribution is 6.01. The van der Waals surface area contributed by atoms with Gasteiger partial charge in [-0.15, -0.1) is 0 Å². The number of likely N-dealkylation sites (tertiary alicyclic amines) is 1. The summed E-state index contributed by atoms with van der Waals surface area (Å²) < 4.78 is 0. The molecule has 0 spiro atoms. The lowest BCUT2D eigenvalue weighted by atomic mass is 9.95. The molecular formula is C76H119N13O13. The summed E-state index contributed by atoms with van der Waals surface area (Å²) in [5.74, 6) is -9.78. The van der Waals surface area contributed by atoms with E-state index in [1.165, 1.54) is 102 Å². The van der Waals surface area contributed by atoms with Gasteiger partial charge in [-0.3, -0.25) is 57.5 Å². The van der Waals surface area contributed by atoms with Gasteiger partial charge in [-0.05, 0) is 112 Å². The number of nitrogens with one attached hydrogen (secondary N) is 4. The van der Waals surface area contributed by atoms with Crippen LogP contribution in [0.1, 0.15) is 153 Å². The summed E-state index contributed by atoms with van der Waals surface area (Å²) in [6.45, 7) is 23.4. The molecule has 0 aliphatic carbocycles. The van der Waals surface area contributed by atoms with E-state index in [2.05, 4.69) is 20.9 Å². The lowest BCUT2D eigenvalue weighted by molar-refractivity contribution is -0.154. The number of aromatic nitrogens is 1. The van der Waals surface area contributed by atoms with E-state index < -0.39 is 156 Å². The van der Waals surface area contributed by atoms with Crippen molar-refractivity contribution >= 4 is 81.8 Å². The first-order chi connectivity index (χ1) is 47.7. The Morgan fingerprint density at radius 1 is 0.441 bits per heavy atom. The summed E-state index contributed by atoms with van der Waals surface area (Å²) >= 11 is 0. The minimum Gasteiger partial charge on any atom is -0.391 e. The van der Waals surface area contributed by atoms with E-state index in [0.29, 0.717) is 37.1 Å². The molecule has 5 N–H and O–H groups in total. The second kappa shape index (κ2) is 37.7. The maximum atomic E-state index is 15.9. The largest absolute Gasteiger partial charge is 0.391 e. The van der Waals surface area contributed by atoms with Gasteiger partial charge in [0.15, 0.2) is 0 Å². The SMILES string of the molecule is CC(C)C[C@H]1C(=O)N(C)[C@@H](Cc2c[nH]c3ccccc23)C(=O)N(C)[C@@H](Cc2ccccc2)C(=O)N[C@@H]([C@@H](C)O)C(=O)N(C)[C@@H](C)C(=O)N(C)[C@@H](CC(C)C)C(=O)N[C@H](C(=O)N2CCCCC2)CC(=O)N(C)[C@@H](C)C(=O)N(C)[C@@H](CC(C)C)C(=O)N(C)[C@@H](CC(C)C)C(=O)N[C@@H](C(C)C)C(=O)N1C. The van der Waals surface area contributed by atoms with E-state index in [1.54, 1.807) is 55.3 Å². The quantitative estimate of drug-likeness (QED) is 0.138. The summed E-state index contributed by atoms with van der Waals surface area (Å²) in [5.41, 5.74) is 2.01. The van der Waals surface area contributed by atoms with Gasteiger partial charge < -0.3 is 70.1 Å². The van der Waals surface area contributed by atoms with Crippen molar-refractivity contribution in [1.29, 1.82) is 0 Å². The van der Waals surface area contributed by atoms with Crippen molar-refractivity contribution in [2.75, 3.05) is 69.5 Å². The first-order valence-corrected chi connectivity index (χ1v) is 36.3. The van der Waals surface area contributed by atoms with Crippen LogP contribution in [0.5, 0.6) is 0 Å². The van der Waals surface area contributed by atoms with Crippen molar-refractivity contribution in [3.05, 3.63) is 71.9 Å². The predicted octanol–water partition coefficient (Wildman–Crippen LogP) is 4.70. The van der Waals surface area contributed by atoms with Crippen LogP contribution in [0, 0.1) is 29.6 Å². The number of nitrogens with zero attached hydrogens (tertiary/aromatic N) is 9. The van der Waals surface area contributed by atoms with Gasteiger partial charge in [-0.25, -0.2) is 0 Å². The van der Waals surface area contributed by atoms with Gasteiger partial charge in [0.05, 0.1) is 12.5 Å². The molecule has 26 nitrogen and oxygen atoms in total. The summed E-state index contributed by atoms with van der Waals surface area (Å²) in [6.07, 6.45) is 1.98. The number of rotatable bonds is 15. The minimum atomic E-state index is -1.72. The lowest BCUT2D eigenvalue weighted by Crippen LogP contribution is -2.63. The zero-order valence-corrected chi connectivity index (χ0v) is 64.4. The molecule has 12 atom stereocenters. The number of carbonyl (C=O) groups excluding carboxylic acids is 12. The third-order valence-electron chi connectivity index (χ3n) is 20.3. The fraction of sp³-hybridized carbons (Fsp3) is 0.658. The van der Waals surface area contributed by atoms with Crippen LogP contribution < -0.4 is 16.0 Å². The molecule has 0 saturated carbocycles. The number of H-pyrrole nitrogens is 1. The summed E-state index contributed by atoms with van der Waals surface area (Å²) in [7, 11) is 11.4. The number of fused-ring (bicyclic) bond motifs is 1. The zero-order valence-electron chi connectivity index (χ0n) is 64.4. The molecule has 566 valence electrons. The van der Waals surface area contributed by atoms with E-state index >= 15 is 28.8 Å². The van der Waals surface area contributed by atoms with Gasteiger partial charge in [0, 0.05) is 99.4 Å². The fourth-order valence-corrected chi connectivity index (χ4v) is 13.6. The van der Waals surface area contributed by atoms with Crippen molar-refractivity contribution in [2.24, 2.45) is 29.6 Å². The Balaban J connectivity index is 1.73. The summed E-state index contributed by atoms with van der Waals surface area (Å²) in [4.78, 5) is 196. The number of aliphatic hydroxyl groups is 1. The van der Waals surface area contributed by atoms with Crippen LogP contribution in [-0.2, 0) is 70.4 Å². The molecule has 26 heteroatoms. The maximum Gasteiger partial charge on any atom is 0.248 e. The highest BCUT2D eigenvalue weighted by Crippen LogP contribution is 2.27. The third-order valence-corrected chi connectivity index (χ3v) is 20.3. The Morgan fingerprint density at radius 2 is 0.843 bits per heavy atom. The second-order valence-electron chi connectivity index (χ2n) is 30.5. The Morgan fingerprint density at radius 3 is 1.35 bits per heavy atom. The number of aromatic amines is 1. The van der Waals surface area contributed by atoms with Gasteiger partial charge in [0.2, 0.25) is 70.9 Å². The van der Waals surface area contributed by atoms with E-state index in [4.69, 9.17) is 0 Å². The van der Waals surface area contributed by atoms with E-state index in [-0.39, 0.29) is 62.2 Å². The topological polar surface area (TPSA) is 306 Å². The Bertz CT molecular complexity index is 3400. The molecule has 102 heavy (non-hydrogen) atoms. The average molecular weight is 1420 g/mol. The van der Waals surface area contributed by atoms with E-state index in [9.17, 15) is 33.9 Å². The van der Waals surface area contributed by atoms with E-state index in [1.807, 2.05) is 79.7 Å². The highest BCUT2D eigenvalue weighted by Gasteiger charge is 2.46. The molecule has 0 bridgehead atoms. The molecule has 12 amide bonds. The Hall–Kier alpha value is -8.42. The molecule has 0 unspecified atom stereocenters. The average Bonchev–Trinajstić information content (AvgIpc) is 1.34. The molecule has 1 aromatic heterocycles. The molecule has 0 radical (unpaired) electrons. The van der Waals surface area contributed by atoms with Gasteiger partial charge >= 0.3 is 0 Å². The molecule has 3 heterocycles. The van der Waals surface area contributed by atoms with Crippen LogP contribution in [0.3, 0.4) is 0 Å². The molecular weight excluding hydrogens is 1300 g/mol. The van der Waals surface area contributed by atoms with Crippen molar-refractivity contribution in [3.8, 4) is 0 Å². The third kappa shape index (κ3) is 21.4. The molecule has 2 aliphatic heterocycles. The predicted molar refractivity (Wildman–Crippen MR) is 391 cm³/mol. The fourth-order valence-electron chi connectivity index (χ4n) is 13.6. The van der Waals surface area contributed by atoms with Gasteiger partial charge in [0.1, 0.15) is 66.5 Å². The van der Waals surface area contributed by atoms with Gasteiger partial charge in [-0.1, -0.05) is 118 Å². The Labute approximate surface area is 604 Å². The van der Waals surface area contributed by atoms with Gasteiger partial charge in [0.25, 0.3) is 0 Å². The summed E-state index contributed by atoms with van der Waals surface area (Å²) in [6, 6.07) is 1.51. The number of para-hydroxylation sites is 1. The van der Waals surface area contributed by atoms with Gasteiger partial charge in [-0.2, -0.15) is 0 Å². The summed E-state index contributed by atoms with van der Waals surface area (Å²) in [5, 5.41) is 20.8. The van der Waals surface area contributed by atoms with Crippen LogP contribution in [0.15, 0.2) is 60.8 Å². The van der Waals surface area contributed by atoms with Crippen molar-refractivity contribution in [3.63, 3.8) is 0 Å². The monoisotopic (exact) mass is 1420 g/mol. The lowest BCUT2D eigenvalue weighted by Gasteiger charge is -2.40. The molecule has 2 aliphatic rings. The van der Waals surface area contributed by atoms with E-state index in [0.717, 1.165) is 32.0 Å². The van der Waals surface area contributed by atoms with Crippen LogP contribution in [-0.4, -0.2) is 267 Å². The molecule has 2 saturated heterocycles. The molecule has 5 rings (SSSR count). The highest BCUT2D eigenvalue weighted by atomic mass is 16.3. The van der Waals surface area contributed by atoms with Crippen molar-refractivity contribution in [2.45, 2.75) is 227 Å². The number of likely N-dealkylation sites (N-methyl/N-ethyl adjacent to an activating group) is 8.